The van der Waals surface area contributed by atoms with Crippen molar-refractivity contribution >= 4 is 27.3 Å². The second-order valence-corrected chi connectivity index (χ2v) is 7.21. The van der Waals surface area contributed by atoms with E-state index in [0.717, 1.165) is 6.42 Å². The summed E-state index contributed by atoms with van der Waals surface area (Å²) in [4.78, 5) is 0.263. The van der Waals surface area contributed by atoms with E-state index in [9.17, 15) is 8.42 Å². The minimum Gasteiger partial charge on any atom is -0.397 e. The Bertz CT molecular complexity index is 572. The van der Waals surface area contributed by atoms with Crippen LogP contribution in [0.1, 0.15) is 18.9 Å². The van der Waals surface area contributed by atoms with Crippen molar-refractivity contribution in [2.45, 2.75) is 25.2 Å². The molecule has 0 amide bonds. The van der Waals surface area contributed by atoms with E-state index in [1.807, 2.05) is 0 Å². The lowest BCUT2D eigenvalue weighted by Crippen LogP contribution is -2.29. The van der Waals surface area contributed by atoms with E-state index in [1.54, 1.807) is 13.0 Å². The molecule has 2 rings (SSSR count). The highest BCUT2D eigenvalue weighted by atomic mass is 35.5. The Morgan fingerprint density at radius 3 is 2.67 bits per heavy atom. The number of hydrogen-bond donors (Lipinski definition) is 1. The lowest BCUT2D eigenvalue weighted by molar-refractivity contribution is 0.464. The molecule has 18 heavy (non-hydrogen) atoms. The number of aryl methyl sites for hydroxylation is 1. The van der Waals surface area contributed by atoms with Crippen molar-refractivity contribution in [3.8, 4) is 0 Å². The monoisotopic (exact) mass is 288 g/mol. The molecule has 1 aromatic carbocycles. The van der Waals surface area contributed by atoms with Gasteiger partial charge in [0.05, 0.1) is 15.6 Å². The molecule has 0 spiro atoms. The maximum atomic E-state index is 12.5. The van der Waals surface area contributed by atoms with Crippen LogP contribution >= 0.6 is 11.6 Å². The molecule has 1 heterocycles. The maximum absolute atomic E-state index is 12.5. The van der Waals surface area contributed by atoms with E-state index in [4.69, 9.17) is 17.3 Å². The summed E-state index contributed by atoms with van der Waals surface area (Å²) in [5.41, 5.74) is 6.63. The minimum absolute atomic E-state index is 0.263. The lowest BCUT2D eigenvalue weighted by atomic mass is 10.2. The van der Waals surface area contributed by atoms with Crippen molar-refractivity contribution in [3.05, 3.63) is 22.7 Å². The summed E-state index contributed by atoms with van der Waals surface area (Å²) in [5, 5.41) is 0.390. The average Bonchev–Trinajstić information content (AvgIpc) is 2.70. The second-order valence-electron chi connectivity index (χ2n) is 4.90. The Morgan fingerprint density at radius 1 is 1.44 bits per heavy atom. The van der Waals surface area contributed by atoms with Gasteiger partial charge in [0.2, 0.25) is 10.0 Å². The van der Waals surface area contributed by atoms with E-state index >= 15 is 0 Å². The van der Waals surface area contributed by atoms with Crippen LogP contribution in [-0.4, -0.2) is 25.8 Å². The van der Waals surface area contributed by atoms with Crippen LogP contribution in [0.5, 0.6) is 0 Å². The summed E-state index contributed by atoms with van der Waals surface area (Å²) in [7, 11) is -3.45. The van der Waals surface area contributed by atoms with Gasteiger partial charge in [-0.25, -0.2) is 8.42 Å². The number of sulfonamides is 1. The van der Waals surface area contributed by atoms with Gasteiger partial charge in [0.15, 0.2) is 0 Å². The predicted octanol–water partition coefficient (Wildman–Crippen LogP) is 2.26. The third-order valence-electron chi connectivity index (χ3n) is 3.30. The molecule has 0 aromatic heterocycles. The van der Waals surface area contributed by atoms with Gasteiger partial charge in [-0.2, -0.15) is 4.31 Å². The zero-order valence-electron chi connectivity index (χ0n) is 10.5. The standard InChI is InChI=1S/C12H17ClN2O2S/c1-8-3-4-15(7-8)18(16,17)12-6-11(14)10(13)5-9(12)2/h5-6,8H,3-4,7,14H2,1-2H3. The van der Waals surface area contributed by atoms with Crippen LogP contribution in [0.2, 0.25) is 5.02 Å². The third-order valence-corrected chi connectivity index (χ3v) is 5.63. The molecule has 1 atom stereocenters. The minimum atomic E-state index is -3.45. The molecule has 100 valence electrons. The lowest BCUT2D eigenvalue weighted by Gasteiger charge is -2.18. The fraction of sp³-hybridized carbons (Fsp3) is 0.500. The van der Waals surface area contributed by atoms with Crippen molar-refractivity contribution in [3.63, 3.8) is 0 Å². The summed E-state index contributed by atoms with van der Waals surface area (Å²) in [6.45, 7) is 4.94. The van der Waals surface area contributed by atoms with E-state index < -0.39 is 10.0 Å². The van der Waals surface area contributed by atoms with E-state index in [1.165, 1.54) is 10.4 Å². The molecule has 1 aliphatic rings. The first kappa shape index (κ1) is 13.6. The quantitative estimate of drug-likeness (QED) is 0.849. The summed E-state index contributed by atoms with van der Waals surface area (Å²) in [6, 6.07) is 3.05. The SMILES string of the molecule is Cc1cc(Cl)c(N)cc1S(=O)(=O)N1CCC(C)C1. The van der Waals surface area contributed by atoms with Gasteiger partial charge in [0.25, 0.3) is 0 Å². The molecule has 0 aliphatic carbocycles. The molecule has 1 fully saturated rings. The fourth-order valence-corrected chi connectivity index (χ4v) is 4.23. The Hall–Kier alpha value is -0.780. The zero-order valence-corrected chi connectivity index (χ0v) is 12.1. The largest absolute Gasteiger partial charge is 0.397 e. The number of nitrogens with zero attached hydrogens (tertiary/aromatic N) is 1. The highest BCUT2D eigenvalue weighted by Gasteiger charge is 2.31. The Morgan fingerprint density at radius 2 is 2.11 bits per heavy atom. The Balaban J connectivity index is 2.45. The van der Waals surface area contributed by atoms with Gasteiger partial charge in [-0.05, 0) is 37.0 Å². The van der Waals surface area contributed by atoms with Gasteiger partial charge in [-0.3, -0.25) is 0 Å². The Kier molecular flexibility index (Phi) is 3.58. The number of hydrogen-bond acceptors (Lipinski definition) is 3. The number of halogens is 1. The van der Waals surface area contributed by atoms with Crippen molar-refractivity contribution < 1.29 is 8.42 Å². The molecule has 1 saturated heterocycles. The fourth-order valence-electron chi connectivity index (χ4n) is 2.20. The first-order chi connectivity index (χ1) is 8.32. The molecular formula is C12H17ClN2O2S. The molecule has 1 aliphatic heterocycles. The summed E-state index contributed by atoms with van der Waals surface area (Å²) in [5.74, 6) is 0.407. The maximum Gasteiger partial charge on any atom is 0.243 e. The van der Waals surface area contributed by atoms with Gasteiger partial charge in [0, 0.05) is 13.1 Å². The number of nitrogen functional groups attached to an aromatic ring is 1. The summed E-state index contributed by atoms with van der Waals surface area (Å²) < 4.78 is 26.5. The molecule has 2 N–H and O–H groups in total. The molecule has 1 aromatic rings. The third kappa shape index (κ3) is 2.35. The second kappa shape index (κ2) is 4.72. The molecule has 6 heteroatoms. The number of rotatable bonds is 2. The average molecular weight is 289 g/mol. The van der Waals surface area contributed by atoms with Crippen LogP contribution in [-0.2, 0) is 10.0 Å². The summed E-state index contributed by atoms with van der Waals surface area (Å²) in [6.07, 6.45) is 0.904. The smallest absolute Gasteiger partial charge is 0.243 e. The van der Waals surface area contributed by atoms with Gasteiger partial charge < -0.3 is 5.73 Å². The van der Waals surface area contributed by atoms with Gasteiger partial charge in [-0.1, -0.05) is 18.5 Å². The van der Waals surface area contributed by atoms with Crippen LogP contribution in [0.25, 0.3) is 0 Å². The van der Waals surface area contributed by atoms with Crippen molar-refractivity contribution in [2.75, 3.05) is 18.8 Å². The van der Waals surface area contributed by atoms with Crippen molar-refractivity contribution in [2.24, 2.45) is 5.92 Å². The zero-order chi connectivity index (χ0) is 13.5. The Labute approximate surface area is 113 Å². The van der Waals surface area contributed by atoms with Crippen molar-refractivity contribution in [1.29, 1.82) is 0 Å². The molecule has 0 bridgehead atoms. The number of nitrogens with two attached hydrogens (primary N) is 1. The van der Waals surface area contributed by atoms with E-state index in [2.05, 4.69) is 6.92 Å². The highest BCUT2D eigenvalue weighted by molar-refractivity contribution is 7.89. The first-order valence-corrected chi connectivity index (χ1v) is 7.70. The number of anilines is 1. The van der Waals surface area contributed by atoms with Crippen LogP contribution < -0.4 is 5.73 Å². The van der Waals surface area contributed by atoms with E-state index in [0.29, 0.717) is 35.3 Å². The van der Waals surface area contributed by atoms with Crippen LogP contribution in [0.3, 0.4) is 0 Å². The van der Waals surface area contributed by atoms with Gasteiger partial charge in [-0.15, -0.1) is 0 Å². The molecule has 4 nitrogen and oxygen atoms in total. The van der Waals surface area contributed by atoms with Crippen molar-refractivity contribution in [1.82, 2.24) is 4.31 Å². The predicted molar refractivity (Wildman–Crippen MR) is 73.1 cm³/mol. The van der Waals surface area contributed by atoms with Gasteiger partial charge >= 0.3 is 0 Å². The number of benzene rings is 1. The molecule has 1 unspecified atom stereocenters. The first-order valence-electron chi connectivity index (χ1n) is 5.88. The molecule has 0 radical (unpaired) electrons. The summed E-state index contributed by atoms with van der Waals surface area (Å²) >= 11 is 5.89. The van der Waals surface area contributed by atoms with E-state index in [-0.39, 0.29) is 4.90 Å². The van der Waals surface area contributed by atoms with Gasteiger partial charge in [0.1, 0.15) is 0 Å². The topological polar surface area (TPSA) is 63.4 Å². The van der Waals surface area contributed by atoms with Crippen LogP contribution in [0.15, 0.2) is 17.0 Å². The molecule has 0 saturated carbocycles. The normalized spacial score (nSPS) is 21.4. The van der Waals surface area contributed by atoms with Crippen LogP contribution in [0.4, 0.5) is 5.69 Å². The highest BCUT2D eigenvalue weighted by Crippen LogP contribution is 2.30. The molecular weight excluding hydrogens is 272 g/mol. The van der Waals surface area contributed by atoms with Crippen LogP contribution in [0, 0.1) is 12.8 Å².